The number of hydrogen-bond donors (Lipinski definition) is 3. The zero-order chi connectivity index (χ0) is 14.6. The van der Waals surface area contributed by atoms with Crippen LogP contribution in [-0.2, 0) is 10.4 Å². The fraction of sp³-hybridized carbons (Fsp3) is 0.0667. The molecule has 0 aliphatic rings. The van der Waals surface area contributed by atoms with Crippen LogP contribution in [0.15, 0.2) is 60.7 Å². The number of hydrogen-bond acceptors (Lipinski definition) is 3. The molecule has 0 unspecified atom stereocenters. The van der Waals surface area contributed by atoms with E-state index in [1.807, 2.05) is 0 Å². The van der Waals surface area contributed by atoms with Gasteiger partial charge in [-0.05, 0) is 11.1 Å². The Morgan fingerprint density at radius 2 is 1.25 bits per heavy atom. The minimum absolute atomic E-state index is 0.296. The molecule has 5 nitrogen and oxygen atoms in total. The largest absolute Gasteiger partial charge is 0.465 e. The van der Waals surface area contributed by atoms with Gasteiger partial charge in [0.1, 0.15) is 0 Å². The lowest BCUT2D eigenvalue weighted by Crippen LogP contribution is -2.47. The number of rotatable bonds is 3. The van der Waals surface area contributed by atoms with E-state index in [0.29, 0.717) is 11.1 Å². The maximum absolute atomic E-state index is 12.1. The van der Waals surface area contributed by atoms with Gasteiger partial charge in [0, 0.05) is 0 Å². The smallest absolute Gasteiger partial charge is 0.411 e. The highest BCUT2D eigenvalue weighted by Crippen LogP contribution is 2.29. The molecule has 0 saturated carbocycles. The third kappa shape index (κ3) is 2.53. The van der Waals surface area contributed by atoms with E-state index in [-0.39, 0.29) is 0 Å². The third-order valence-corrected chi connectivity index (χ3v) is 2.93. The van der Waals surface area contributed by atoms with Crippen LogP contribution in [0.5, 0.6) is 0 Å². The molecule has 5 heteroatoms. The van der Waals surface area contributed by atoms with Crippen molar-refractivity contribution in [2.24, 2.45) is 0 Å². The van der Waals surface area contributed by atoms with Gasteiger partial charge in [0.2, 0.25) is 0 Å². The average molecular weight is 271 g/mol. The Morgan fingerprint density at radius 1 is 0.850 bits per heavy atom. The summed E-state index contributed by atoms with van der Waals surface area (Å²) in [5.41, 5.74) is -1.46. The first kappa shape index (κ1) is 13.8. The maximum atomic E-state index is 12.1. The molecule has 20 heavy (non-hydrogen) atoms. The molecular weight excluding hydrogens is 258 g/mol. The second-order valence-electron chi connectivity index (χ2n) is 4.20. The molecule has 0 aromatic heterocycles. The standard InChI is InChI=1S/C15H13NO4/c17-13(16-14(18)19)15(20,11-7-3-1-4-8-11)12-9-5-2-6-10-12/h1-10,20H,(H,16,17)(H,18,19). The molecule has 0 fully saturated rings. The van der Waals surface area contributed by atoms with Gasteiger partial charge >= 0.3 is 6.09 Å². The molecule has 0 radical (unpaired) electrons. The number of carboxylic acid groups (broad SMARTS) is 1. The highest BCUT2D eigenvalue weighted by Gasteiger charge is 2.40. The van der Waals surface area contributed by atoms with Crippen LogP contribution in [0.1, 0.15) is 11.1 Å². The normalized spacial score (nSPS) is 10.8. The molecule has 2 rings (SSSR count). The summed E-state index contributed by atoms with van der Waals surface area (Å²) in [5, 5.41) is 21.2. The third-order valence-electron chi connectivity index (χ3n) is 2.93. The molecule has 0 atom stereocenters. The van der Waals surface area contributed by atoms with E-state index >= 15 is 0 Å². The van der Waals surface area contributed by atoms with E-state index in [9.17, 15) is 14.7 Å². The second-order valence-corrected chi connectivity index (χ2v) is 4.20. The van der Waals surface area contributed by atoms with Crippen LogP contribution in [0.4, 0.5) is 4.79 Å². The summed E-state index contributed by atoms with van der Waals surface area (Å²) in [6.07, 6.45) is -1.51. The Kier molecular flexibility index (Phi) is 3.81. The molecule has 0 aliphatic heterocycles. The summed E-state index contributed by atoms with van der Waals surface area (Å²) in [6, 6.07) is 16.4. The monoisotopic (exact) mass is 271 g/mol. The predicted octanol–water partition coefficient (Wildman–Crippen LogP) is 1.72. The van der Waals surface area contributed by atoms with Crippen molar-refractivity contribution < 1.29 is 19.8 Å². The predicted molar refractivity (Wildman–Crippen MR) is 72.1 cm³/mol. The van der Waals surface area contributed by atoms with Crippen LogP contribution in [0.25, 0.3) is 0 Å². The van der Waals surface area contributed by atoms with Gasteiger partial charge in [-0.3, -0.25) is 10.1 Å². The van der Waals surface area contributed by atoms with Crippen molar-refractivity contribution in [3.63, 3.8) is 0 Å². The van der Waals surface area contributed by atoms with Crippen molar-refractivity contribution in [2.75, 3.05) is 0 Å². The summed E-state index contributed by atoms with van der Waals surface area (Å²) < 4.78 is 0. The van der Waals surface area contributed by atoms with Crippen molar-refractivity contribution in [1.29, 1.82) is 0 Å². The highest BCUT2D eigenvalue weighted by atomic mass is 16.4. The quantitative estimate of drug-likeness (QED) is 0.793. The number of nitrogens with one attached hydrogen (secondary N) is 1. The van der Waals surface area contributed by atoms with Crippen LogP contribution in [0, 0.1) is 0 Å². The summed E-state index contributed by atoms with van der Waals surface area (Å²) in [4.78, 5) is 22.8. The Bertz CT molecular complexity index is 571. The zero-order valence-electron chi connectivity index (χ0n) is 10.5. The number of amides is 2. The van der Waals surface area contributed by atoms with E-state index in [1.54, 1.807) is 66.0 Å². The van der Waals surface area contributed by atoms with Gasteiger partial charge in [-0.1, -0.05) is 60.7 Å². The summed E-state index contributed by atoms with van der Waals surface area (Å²) >= 11 is 0. The average Bonchev–Trinajstić information content (AvgIpc) is 2.47. The molecule has 0 saturated heterocycles. The Morgan fingerprint density at radius 3 is 1.60 bits per heavy atom. The van der Waals surface area contributed by atoms with E-state index in [4.69, 9.17) is 5.11 Å². The van der Waals surface area contributed by atoms with Gasteiger partial charge in [0.05, 0.1) is 0 Å². The first-order chi connectivity index (χ1) is 9.55. The number of imide groups is 1. The van der Waals surface area contributed by atoms with Gasteiger partial charge in [-0.25, -0.2) is 4.79 Å². The van der Waals surface area contributed by atoms with Gasteiger partial charge in [-0.15, -0.1) is 0 Å². The maximum Gasteiger partial charge on any atom is 0.411 e. The number of carbonyl (C=O) groups excluding carboxylic acids is 1. The molecule has 0 aliphatic carbocycles. The van der Waals surface area contributed by atoms with Gasteiger partial charge in [-0.2, -0.15) is 0 Å². The minimum atomic E-state index is -2.05. The molecule has 2 amide bonds. The van der Waals surface area contributed by atoms with Crippen LogP contribution in [0.3, 0.4) is 0 Å². The first-order valence-electron chi connectivity index (χ1n) is 5.93. The fourth-order valence-electron chi connectivity index (χ4n) is 1.98. The lowest BCUT2D eigenvalue weighted by atomic mass is 9.85. The topological polar surface area (TPSA) is 86.6 Å². The van der Waals surface area contributed by atoms with E-state index < -0.39 is 17.6 Å². The van der Waals surface area contributed by atoms with Crippen molar-refractivity contribution in [2.45, 2.75) is 5.60 Å². The Balaban J connectivity index is 2.55. The number of benzene rings is 2. The summed E-state index contributed by atoms with van der Waals surface area (Å²) in [6.45, 7) is 0. The minimum Gasteiger partial charge on any atom is -0.465 e. The Hall–Kier alpha value is -2.66. The lowest BCUT2D eigenvalue weighted by molar-refractivity contribution is -0.135. The number of carbonyl (C=O) groups is 2. The van der Waals surface area contributed by atoms with E-state index in [0.717, 1.165) is 0 Å². The zero-order valence-corrected chi connectivity index (χ0v) is 10.5. The highest BCUT2D eigenvalue weighted by molar-refractivity contribution is 5.98. The summed E-state index contributed by atoms with van der Waals surface area (Å²) in [7, 11) is 0. The van der Waals surface area contributed by atoms with Crippen LogP contribution < -0.4 is 5.32 Å². The SMILES string of the molecule is O=C(O)NC(=O)C(O)(c1ccccc1)c1ccccc1. The van der Waals surface area contributed by atoms with Crippen LogP contribution >= 0.6 is 0 Å². The summed E-state index contributed by atoms with van der Waals surface area (Å²) in [5.74, 6) is -1.01. The van der Waals surface area contributed by atoms with Gasteiger partial charge in [0.15, 0.2) is 5.60 Å². The second kappa shape index (κ2) is 5.54. The van der Waals surface area contributed by atoms with Gasteiger partial charge < -0.3 is 10.2 Å². The van der Waals surface area contributed by atoms with Crippen molar-refractivity contribution >= 4 is 12.0 Å². The molecule has 102 valence electrons. The molecule has 0 bridgehead atoms. The molecule has 0 heterocycles. The van der Waals surface area contributed by atoms with Crippen molar-refractivity contribution in [1.82, 2.24) is 5.32 Å². The molecule has 0 spiro atoms. The fourth-order valence-corrected chi connectivity index (χ4v) is 1.98. The van der Waals surface area contributed by atoms with Crippen LogP contribution in [-0.4, -0.2) is 22.2 Å². The van der Waals surface area contributed by atoms with Gasteiger partial charge in [0.25, 0.3) is 5.91 Å². The first-order valence-corrected chi connectivity index (χ1v) is 5.93. The molecular formula is C15H13NO4. The lowest BCUT2D eigenvalue weighted by Gasteiger charge is -2.27. The van der Waals surface area contributed by atoms with Crippen molar-refractivity contribution in [3.8, 4) is 0 Å². The van der Waals surface area contributed by atoms with Crippen molar-refractivity contribution in [3.05, 3.63) is 71.8 Å². The van der Waals surface area contributed by atoms with E-state index in [2.05, 4.69) is 0 Å². The van der Waals surface area contributed by atoms with E-state index in [1.165, 1.54) is 0 Å². The van der Waals surface area contributed by atoms with Crippen LogP contribution in [0.2, 0.25) is 0 Å². The number of aliphatic hydroxyl groups is 1. The molecule has 2 aromatic carbocycles. The Labute approximate surface area is 115 Å². The molecule has 3 N–H and O–H groups in total. The molecule has 2 aromatic rings.